The van der Waals surface area contributed by atoms with E-state index in [1.165, 1.54) is 19.3 Å². The number of carbonyl (C=O) groups excluding carboxylic acids is 1. The number of nitrogens with one attached hydrogen (secondary N) is 1. The lowest BCUT2D eigenvalue weighted by Crippen LogP contribution is -2.45. The fraction of sp³-hybridized carbons (Fsp3) is 0.917. The van der Waals surface area contributed by atoms with E-state index < -0.39 is 0 Å². The Balaban J connectivity index is 1.69. The molecular weight excluding hydrogens is 188 g/mol. The molecule has 0 aromatic rings. The molecule has 3 rings (SSSR count). The second kappa shape index (κ2) is 3.48. The van der Waals surface area contributed by atoms with Crippen molar-refractivity contribution < 1.29 is 4.79 Å². The van der Waals surface area contributed by atoms with Crippen molar-refractivity contribution in [1.29, 1.82) is 0 Å². The maximum atomic E-state index is 12.2. The van der Waals surface area contributed by atoms with E-state index in [1.807, 2.05) is 7.05 Å². The van der Waals surface area contributed by atoms with Crippen LogP contribution in [0.25, 0.3) is 0 Å². The number of fused-ring (bicyclic) bond motifs is 1. The van der Waals surface area contributed by atoms with E-state index in [9.17, 15) is 4.79 Å². The van der Waals surface area contributed by atoms with Gasteiger partial charge in [0.05, 0.1) is 6.04 Å². The standard InChI is InChI=1S/C12H20N2O/c1-13-11-5-9-4-10(9)7-14(12(11)15)6-8-2-3-8/h8-11,13H,2-7H2,1H3. The van der Waals surface area contributed by atoms with E-state index in [0.29, 0.717) is 5.91 Å². The Morgan fingerprint density at radius 1 is 1.33 bits per heavy atom. The number of hydrogen-bond acceptors (Lipinski definition) is 2. The molecule has 0 aromatic carbocycles. The Labute approximate surface area is 91.2 Å². The maximum absolute atomic E-state index is 12.2. The predicted octanol–water partition coefficient (Wildman–Crippen LogP) is 0.853. The maximum Gasteiger partial charge on any atom is 0.239 e. The summed E-state index contributed by atoms with van der Waals surface area (Å²) in [6, 6.07) is 0.0984. The Morgan fingerprint density at radius 2 is 2.13 bits per heavy atom. The first-order valence-corrected chi connectivity index (χ1v) is 6.24. The fourth-order valence-corrected chi connectivity index (χ4v) is 2.84. The molecule has 3 atom stereocenters. The highest BCUT2D eigenvalue weighted by Crippen LogP contribution is 2.45. The van der Waals surface area contributed by atoms with Gasteiger partial charge in [-0.05, 0) is 50.5 Å². The Bertz CT molecular complexity index is 275. The molecule has 0 aromatic heterocycles. The minimum Gasteiger partial charge on any atom is -0.341 e. The van der Waals surface area contributed by atoms with Crippen molar-refractivity contribution in [2.24, 2.45) is 17.8 Å². The van der Waals surface area contributed by atoms with Gasteiger partial charge in [-0.15, -0.1) is 0 Å². The van der Waals surface area contributed by atoms with Crippen molar-refractivity contribution in [3.63, 3.8) is 0 Å². The van der Waals surface area contributed by atoms with Crippen molar-refractivity contribution in [2.45, 2.75) is 31.7 Å². The number of hydrogen-bond donors (Lipinski definition) is 1. The summed E-state index contributed by atoms with van der Waals surface area (Å²) in [4.78, 5) is 14.3. The van der Waals surface area contributed by atoms with Gasteiger partial charge in [-0.1, -0.05) is 0 Å². The van der Waals surface area contributed by atoms with Gasteiger partial charge >= 0.3 is 0 Å². The van der Waals surface area contributed by atoms with Crippen LogP contribution < -0.4 is 5.32 Å². The summed E-state index contributed by atoms with van der Waals surface area (Å²) in [5, 5.41) is 3.18. The third-order valence-corrected chi connectivity index (χ3v) is 4.20. The molecule has 84 valence electrons. The predicted molar refractivity (Wildman–Crippen MR) is 58.4 cm³/mol. The van der Waals surface area contributed by atoms with E-state index >= 15 is 0 Å². The number of nitrogens with zero attached hydrogens (tertiary/aromatic N) is 1. The largest absolute Gasteiger partial charge is 0.341 e. The van der Waals surface area contributed by atoms with Crippen LogP contribution in [0.1, 0.15) is 25.7 Å². The minimum atomic E-state index is 0.0984. The van der Waals surface area contributed by atoms with Gasteiger partial charge < -0.3 is 10.2 Å². The molecule has 3 nitrogen and oxygen atoms in total. The molecule has 15 heavy (non-hydrogen) atoms. The Morgan fingerprint density at radius 3 is 2.80 bits per heavy atom. The molecule has 1 heterocycles. The molecule has 0 bridgehead atoms. The highest BCUT2D eigenvalue weighted by atomic mass is 16.2. The van der Waals surface area contributed by atoms with Gasteiger partial charge in [0, 0.05) is 13.1 Å². The lowest BCUT2D eigenvalue weighted by Gasteiger charge is -2.25. The quantitative estimate of drug-likeness (QED) is 0.746. The molecule has 0 spiro atoms. The van der Waals surface area contributed by atoms with Crippen LogP contribution in [0.15, 0.2) is 0 Å². The molecule has 3 heteroatoms. The van der Waals surface area contributed by atoms with Gasteiger partial charge in [-0.3, -0.25) is 4.79 Å². The van der Waals surface area contributed by atoms with Crippen molar-refractivity contribution in [3.8, 4) is 0 Å². The van der Waals surface area contributed by atoms with Gasteiger partial charge in [0.15, 0.2) is 0 Å². The van der Waals surface area contributed by atoms with E-state index in [1.54, 1.807) is 0 Å². The molecule has 1 amide bonds. The first kappa shape index (κ1) is 9.64. The van der Waals surface area contributed by atoms with Crippen LogP contribution in [0.5, 0.6) is 0 Å². The number of carbonyl (C=O) groups is 1. The number of rotatable bonds is 3. The van der Waals surface area contributed by atoms with Crippen molar-refractivity contribution >= 4 is 5.91 Å². The van der Waals surface area contributed by atoms with E-state index in [2.05, 4.69) is 10.2 Å². The van der Waals surface area contributed by atoms with Crippen molar-refractivity contribution in [3.05, 3.63) is 0 Å². The molecule has 1 N–H and O–H groups in total. The van der Waals surface area contributed by atoms with Crippen LogP contribution in [0, 0.1) is 17.8 Å². The monoisotopic (exact) mass is 208 g/mol. The topological polar surface area (TPSA) is 32.3 Å². The lowest BCUT2D eigenvalue weighted by molar-refractivity contribution is -0.133. The number of likely N-dealkylation sites (N-methyl/N-ethyl adjacent to an activating group) is 1. The zero-order valence-electron chi connectivity index (χ0n) is 9.41. The lowest BCUT2D eigenvalue weighted by atomic mass is 10.1. The SMILES string of the molecule is CNC1CC2CC2CN(CC2CC2)C1=O. The average molecular weight is 208 g/mol. The Kier molecular flexibility index (Phi) is 2.23. The molecule has 2 saturated carbocycles. The zero-order valence-corrected chi connectivity index (χ0v) is 9.41. The molecule has 1 aliphatic heterocycles. The van der Waals surface area contributed by atoms with Gasteiger partial charge in [0.25, 0.3) is 0 Å². The highest BCUT2D eigenvalue weighted by Gasteiger charge is 2.46. The van der Waals surface area contributed by atoms with Gasteiger partial charge in [0.1, 0.15) is 0 Å². The second-order valence-corrected chi connectivity index (χ2v) is 5.52. The summed E-state index contributed by atoms with van der Waals surface area (Å²) < 4.78 is 0. The third kappa shape index (κ3) is 1.89. The molecule has 3 fully saturated rings. The summed E-state index contributed by atoms with van der Waals surface area (Å²) >= 11 is 0. The summed E-state index contributed by atoms with van der Waals surface area (Å²) in [5.41, 5.74) is 0. The van der Waals surface area contributed by atoms with Crippen molar-refractivity contribution in [1.82, 2.24) is 10.2 Å². The van der Waals surface area contributed by atoms with Crippen LogP contribution in [-0.2, 0) is 4.79 Å². The van der Waals surface area contributed by atoms with E-state index in [-0.39, 0.29) is 6.04 Å². The molecule has 1 saturated heterocycles. The molecule has 2 aliphatic carbocycles. The van der Waals surface area contributed by atoms with Gasteiger partial charge in [-0.2, -0.15) is 0 Å². The van der Waals surface area contributed by atoms with E-state index in [4.69, 9.17) is 0 Å². The number of amides is 1. The average Bonchev–Trinajstić information content (AvgIpc) is 3.07. The Hall–Kier alpha value is -0.570. The summed E-state index contributed by atoms with van der Waals surface area (Å²) in [5.74, 6) is 2.83. The normalized spacial score (nSPS) is 39.9. The van der Waals surface area contributed by atoms with Crippen LogP contribution in [0.3, 0.4) is 0 Å². The molecule has 3 unspecified atom stereocenters. The summed E-state index contributed by atoms with van der Waals surface area (Å²) in [7, 11) is 1.92. The molecule has 0 radical (unpaired) electrons. The molecule has 3 aliphatic rings. The van der Waals surface area contributed by atoms with Gasteiger partial charge in [0.2, 0.25) is 5.91 Å². The number of likely N-dealkylation sites (tertiary alicyclic amines) is 1. The second-order valence-electron chi connectivity index (χ2n) is 5.52. The van der Waals surface area contributed by atoms with Crippen LogP contribution >= 0.6 is 0 Å². The van der Waals surface area contributed by atoms with Crippen LogP contribution in [-0.4, -0.2) is 37.0 Å². The minimum absolute atomic E-state index is 0.0984. The first-order chi connectivity index (χ1) is 7.28. The summed E-state index contributed by atoms with van der Waals surface area (Å²) in [6.07, 6.45) is 5.10. The fourth-order valence-electron chi connectivity index (χ4n) is 2.84. The van der Waals surface area contributed by atoms with Crippen LogP contribution in [0.2, 0.25) is 0 Å². The van der Waals surface area contributed by atoms with Gasteiger partial charge in [-0.25, -0.2) is 0 Å². The first-order valence-electron chi connectivity index (χ1n) is 6.24. The van der Waals surface area contributed by atoms with E-state index in [0.717, 1.165) is 37.3 Å². The summed E-state index contributed by atoms with van der Waals surface area (Å²) in [6.45, 7) is 2.07. The zero-order chi connectivity index (χ0) is 10.4. The third-order valence-electron chi connectivity index (χ3n) is 4.20. The molecular formula is C12H20N2O. The van der Waals surface area contributed by atoms with Crippen LogP contribution in [0.4, 0.5) is 0 Å². The smallest absolute Gasteiger partial charge is 0.239 e. The highest BCUT2D eigenvalue weighted by molar-refractivity contribution is 5.82. The van der Waals surface area contributed by atoms with Crippen molar-refractivity contribution in [2.75, 3.05) is 20.1 Å².